The predicted molar refractivity (Wildman–Crippen MR) is 163 cm³/mol. The van der Waals surface area contributed by atoms with Crippen molar-refractivity contribution in [3.05, 3.63) is 25.3 Å². The third kappa shape index (κ3) is 8.19. The lowest BCUT2D eigenvalue weighted by Crippen LogP contribution is -2.57. The Labute approximate surface area is 252 Å². The topological polar surface area (TPSA) is 110 Å². The smallest absolute Gasteiger partial charge is 0.408 e. The Morgan fingerprint density at radius 2 is 1.67 bits per heavy atom. The van der Waals surface area contributed by atoms with Crippen LogP contribution in [0.4, 0.5) is 4.79 Å². The van der Waals surface area contributed by atoms with Crippen molar-refractivity contribution in [3.63, 3.8) is 0 Å². The molecule has 0 aromatic rings. The van der Waals surface area contributed by atoms with Crippen LogP contribution in [0.3, 0.4) is 0 Å². The number of nitrogens with zero attached hydrogens (tertiary/aromatic N) is 1. The van der Waals surface area contributed by atoms with E-state index in [4.69, 9.17) is 4.74 Å². The number of allylic oxidation sites excluding steroid dienone is 2. The third-order valence-corrected chi connectivity index (χ3v) is 9.51. The Hall–Kier alpha value is -2.77. The number of alkyl carbamates (subject to hydrolysis) is 1. The van der Waals surface area contributed by atoms with Gasteiger partial charge in [0, 0.05) is 25.3 Å². The van der Waals surface area contributed by atoms with Crippen molar-refractivity contribution in [2.45, 2.75) is 123 Å². The van der Waals surface area contributed by atoms with Crippen molar-refractivity contribution in [2.75, 3.05) is 6.54 Å². The van der Waals surface area contributed by atoms with Gasteiger partial charge in [0.25, 0.3) is 0 Å². The summed E-state index contributed by atoms with van der Waals surface area (Å²) in [6.45, 7) is 17.4. The summed E-state index contributed by atoms with van der Waals surface area (Å²) < 4.78 is 5.51. The predicted octanol–water partition coefficient (Wildman–Crippen LogP) is 5.98. The highest BCUT2D eigenvalue weighted by molar-refractivity contribution is 6.38. The second-order valence-electron chi connectivity index (χ2n) is 14.1. The number of nitrogens with one attached hydrogen (secondary N) is 1. The quantitative estimate of drug-likeness (QED) is 0.144. The SMILES string of the molecule is C=CCCCC(=O)C(=O)C(CCC=C)CC(=O)[C@@H]1[C@@H]2[C@H](CN1C(=O)[C@@H](NC(=O)OC(C)(C)C)C1CCCCC1)C2(C)C. The molecule has 1 aliphatic heterocycles. The first-order valence-electron chi connectivity index (χ1n) is 15.8. The molecule has 3 aliphatic rings. The Kier molecular flexibility index (Phi) is 11.4. The summed E-state index contributed by atoms with van der Waals surface area (Å²) in [7, 11) is 0. The fraction of sp³-hybridized carbons (Fsp3) is 0.735. The molecule has 8 heteroatoms. The summed E-state index contributed by atoms with van der Waals surface area (Å²) in [6, 6.07) is -1.46. The van der Waals surface area contributed by atoms with Crippen LogP contribution in [0.15, 0.2) is 25.3 Å². The molecule has 5 atom stereocenters. The minimum absolute atomic E-state index is 0.0130. The fourth-order valence-corrected chi connectivity index (χ4v) is 7.11. The largest absolute Gasteiger partial charge is 0.444 e. The Bertz CT molecular complexity index is 1050. The van der Waals surface area contributed by atoms with Gasteiger partial charge in [-0.1, -0.05) is 45.3 Å². The van der Waals surface area contributed by atoms with E-state index in [2.05, 4.69) is 32.3 Å². The molecule has 42 heavy (non-hydrogen) atoms. The normalized spacial score (nSPS) is 24.6. The van der Waals surface area contributed by atoms with Crippen LogP contribution in [-0.2, 0) is 23.9 Å². The van der Waals surface area contributed by atoms with Crippen LogP contribution in [0.2, 0.25) is 0 Å². The number of piperidine rings is 1. The summed E-state index contributed by atoms with van der Waals surface area (Å²) in [5.41, 5.74) is -0.810. The van der Waals surface area contributed by atoms with Crippen molar-refractivity contribution >= 4 is 29.4 Å². The third-order valence-electron chi connectivity index (χ3n) is 9.51. The first-order chi connectivity index (χ1) is 19.7. The number of hydrogen-bond donors (Lipinski definition) is 1. The number of likely N-dealkylation sites (tertiary alicyclic amines) is 1. The van der Waals surface area contributed by atoms with Gasteiger partial charge in [0.1, 0.15) is 11.6 Å². The number of hydrogen-bond acceptors (Lipinski definition) is 6. The second kappa shape index (κ2) is 14.1. The summed E-state index contributed by atoms with van der Waals surface area (Å²) >= 11 is 0. The summed E-state index contributed by atoms with van der Waals surface area (Å²) in [5.74, 6) is -2.00. The highest BCUT2D eigenvalue weighted by atomic mass is 16.6. The van der Waals surface area contributed by atoms with Gasteiger partial charge in [0.05, 0.1) is 6.04 Å². The zero-order valence-electron chi connectivity index (χ0n) is 26.4. The molecule has 1 unspecified atom stereocenters. The molecule has 8 nitrogen and oxygen atoms in total. The van der Waals surface area contributed by atoms with Gasteiger partial charge in [0.15, 0.2) is 11.6 Å². The maximum Gasteiger partial charge on any atom is 0.408 e. The van der Waals surface area contributed by atoms with Crippen molar-refractivity contribution < 1.29 is 28.7 Å². The number of Topliss-reactive ketones (excluding diaryl/α,β-unsaturated/α-hetero) is 3. The minimum Gasteiger partial charge on any atom is -0.444 e. The molecule has 0 bridgehead atoms. The Morgan fingerprint density at radius 3 is 2.26 bits per heavy atom. The molecule has 3 rings (SSSR count). The average Bonchev–Trinajstić information content (AvgIpc) is 3.24. The lowest BCUT2D eigenvalue weighted by molar-refractivity contribution is -0.144. The highest BCUT2D eigenvalue weighted by Gasteiger charge is 2.69. The second-order valence-corrected chi connectivity index (χ2v) is 14.1. The first-order valence-corrected chi connectivity index (χ1v) is 15.8. The van der Waals surface area contributed by atoms with E-state index >= 15 is 0 Å². The van der Waals surface area contributed by atoms with Gasteiger partial charge in [-0.05, 0) is 82.5 Å². The zero-order chi connectivity index (χ0) is 31.2. The van der Waals surface area contributed by atoms with Gasteiger partial charge in [0.2, 0.25) is 11.7 Å². The Morgan fingerprint density at radius 1 is 1.02 bits per heavy atom. The standard InChI is InChI=1S/C34H52N2O6/c1-8-10-13-19-25(37)30(39)23(16-11-9-2)20-26(38)29-27-24(34(27,6)7)21-36(29)31(40)28(22-17-14-12-15-18-22)35-32(41)42-33(3,4)5/h8-9,22-24,27-29H,1-2,10-21H2,3-7H3,(H,35,41)/t23?,24-,27-,28-,29+/m0/s1. The number of fused-ring (bicyclic) bond motifs is 1. The van der Waals surface area contributed by atoms with Crippen LogP contribution in [0.1, 0.15) is 105 Å². The number of unbranched alkanes of at least 4 members (excludes halogenated alkanes) is 1. The number of ketones is 3. The molecule has 2 amide bonds. The lowest BCUT2D eigenvalue weighted by Gasteiger charge is -2.37. The van der Waals surface area contributed by atoms with Crippen molar-refractivity contribution in [3.8, 4) is 0 Å². The van der Waals surface area contributed by atoms with E-state index in [1.165, 1.54) is 0 Å². The summed E-state index contributed by atoms with van der Waals surface area (Å²) in [5, 5.41) is 2.88. The maximum absolute atomic E-state index is 14.2. The molecule has 3 fully saturated rings. The van der Waals surface area contributed by atoms with E-state index in [0.717, 1.165) is 32.1 Å². The lowest BCUT2D eigenvalue weighted by atomic mass is 9.82. The minimum atomic E-state index is -0.777. The molecule has 0 spiro atoms. The van der Waals surface area contributed by atoms with Crippen molar-refractivity contribution in [1.82, 2.24) is 10.2 Å². The highest BCUT2D eigenvalue weighted by Crippen LogP contribution is 2.65. The zero-order valence-corrected chi connectivity index (χ0v) is 26.4. The van der Waals surface area contributed by atoms with Gasteiger partial charge in [-0.3, -0.25) is 19.2 Å². The monoisotopic (exact) mass is 584 g/mol. The Balaban J connectivity index is 1.83. The number of rotatable bonds is 15. The first kappa shape index (κ1) is 33.7. The number of carbonyl (C=O) groups excluding carboxylic acids is 5. The molecule has 2 aliphatic carbocycles. The van der Waals surface area contributed by atoms with Crippen LogP contribution >= 0.6 is 0 Å². The molecule has 1 heterocycles. The number of carbonyl (C=O) groups is 5. The molecule has 0 aromatic carbocycles. The van der Waals surface area contributed by atoms with E-state index < -0.39 is 41.3 Å². The van der Waals surface area contributed by atoms with Crippen LogP contribution in [0, 0.1) is 29.1 Å². The van der Waals surface area contributed by atoms with Crippen LogP contribution in [0.5, 0.6) is 0 Å². The number of amides is 2. The molecule has 0 aromatic heterocycles. The molecule has 2 saturated carbocycles. The molecular weight excluding hydrogens is 532 g/mol. The van der Waals surface area contributed by atoms with Gasteiger partial charge < -0.3 is 15.0 Å². The molecule has 234 valence electrons. The van der Waals surface area contributed by atoms with E-state index in [-0.39, 0.29) is 47.7 Å². The van der Waals surface area contributed by atoms with Gasteiger partial charge >= 0.3 is 6.09 Å². The van der Waals surface area contributed by atoms with Gasteiger partial charge in [-0.25, -0.2) is 4.79 Å². The van der Waals surface area contributed by atoms with Crippen LogP contribution < -0.4 is 5.32 Å². The van der Waals surface area contributed by atoms with E-state index in [9.17, 15) is 24.0 Å². The van der Waals surface area contributed by atoms with Gasteiger partial charge in [-0.2, -0.15) is 0 Å². The van der Waals surface area contributed by atoms with Crippen LogP contribution in [-0.4, -0.2) is 58.5 Å². The van der Waals surface area contributed by atoms with Crippen molar-refractivity contribution in [1.29, 1.82) is 0 Å². The van der Waals surface area contributed by atoms with E-state index in [0.29, 0.717) is 32.2 Å². The fourth-order valence-electron chi connectivity index (χ4n) is 7.11. The molecule has 1 N–H and O–H groups in total. The van der Waals surface area contributed by atoms with E-state index in [1.54, 1.807) is 37.8 Å². The number of ether oxygens (including phenoxy) is 1. The average molecular weight is 585 g/mol. The van der Waals surface area contributed by atoms with Crippen molar-refractivity contribution in [2.24, 2.45) is 29.1 Å². The summed E-state index contributed by atoms with van der Waals surface area (Å²) in [4.78, 5) is 68.7. The molecule has 0 radical (unpaired) electrons. The van der Waals surface area contributed by atoms with Crippen LogP contribution in [0.25, 0.3) is 0 Å². The molecule has 1 saturated heterocycles. The summed E-state index contributed by atoms with van der Waals surface area (Å²) in [6.07, 6.45) is 9.61. The van der Waals surface area contributed by atoms with Gasteiger partial charge in [-0.15, -0.1) is 13.2 Å². The van der Waals surface area contributed by atoms with E-state index in [1.807, 2.05) is 0 Å². The molecular formula is C34H52N2O6. The maximum atomic E-state index is 14.2.